The van der Waals surface area contributed by atoms with Crippen LogP contribution in [-0.4, -0.2) is 17.1 Å². The van der Waals surface area contributed by atoms with Gasteiger partial charge in [0.2, 0.25) is 5.43 Å². The molecule has 0 radical (unpaired) electrons. The predicted molar refractivity (Wildman–Crippen MR) is 88.7 cm³/mol. The lowest BCUT2D eigenvalue weighted by Crippen LogP contribution is -1.96. The molecule has 0 aliphatic rings. The van der Waals surface area contributed by atoms with E-state index in [1.54, 1.807) is 44.0 Å². The molecule has 4 aromatic heterocycles. The third-order valence-electron chi connectivity index (χ3n) is 2.89. The van der Waals surface area contributed by atoms with Crippen molar-refractivity contribution >= 4 is 22.2 Å². The van der Waals surface area contributed by atoms with E-state index in [0.717, 1.165) is 16.8 Å². The highest BCUT2D eigenvalue weighted by atomic mass is 16.5. The topological polar surface area (TPSA) is 81.3 Å². The van der Waals surface area contributed by atoms with E-state index in [1.807, 2.05) is 13.8 Å². The van der Waals surface area contributed by atoms with E-state index in [-0.39, 0.29) is 5.43 Å². The zero-order valence-corrected chi connectivity index (χ0v) is 13.2. The molecule has 4 heterocycles. The van der Waals surface area contributed by atoms with Gasteiger partial charge in [0, 0.05) is 36.7 Å². The Hall–Kier alpha value is -3.02. The Morgan fingerprint density at radius 3 is 2.52 bits per heavy atom. The Bertz CT molecular complexity index is 921. The van der Waals surface area contributed by atoms with Crippen LogP contribution in [0, 0.1) is 0 Å². The molecule has 0 aliphatic heterocycles. The highest BCUT2D eigenvalue weighted by Gasteiger charge is 2.03. The van der Waals surface area contributed by atoms with Crippen molar-refractivity contribution in [2.75, 3.05) is 7.11 Å². The number of methoxy groups -OCH3 is 1. The molecule has 6 heteroatoms. The molecule has 0 saturated carbocycles. The van der Waals surface area contributed by atoms with Crippen LogP contribution < -0.4 is 10.2 Å². The summed E-state index contributed by atoms with van der Waals surface area (Å²) < 4.78 is 15.1. The molecule has 0 atom stereocenters. The normalized spacial score (nSPS) is 9.70. The molecule has 6 nitrogen and oxygen atoms in total. The number of H-pyrrole nitrogens is 1. The Labute approximate surface area is 132 Å². The minimum atomic E-state index is -0.0845. The summed E-state index contributed by atoms with van der Waals surface area (Å²) >= 11 is 0. The second kappa shape index (κ2) is 7.84. The molecule has 0 bridgehead atoms. The SMILES string of the molecule is CC.COc1ccnc2ccoc12.O=c1cc[nH]c2ccoc12. The van der Waals surface area contributed by atoms with Gasteiger partial charge in [-0.15, -0.1) is 0 Å². The Kier molecular flexibility index (Phi) is 5.57. The molecule has 4 aromatic rings. The van der Waals surface area contributed by atoms with Crippen LogP contribution in [0.25, 0.3) is 22.2 Å². The van der Waals surface area contributed by atoms with Gasteiger partial charge in [-0.1, -0.05) is 13.8 Å². The first-order chi connectivity index (χ1) is 11.3. The van der Waals surface area contributed by atoms with Gasteiger partial charge in [-0.3, -0.25) is 9.78 Å². The van der Waals surface area contributed by atoms with E-state index in [9.17, 15) is 4.79 Å². The first-order valence-corrected chi connectivity index (χ1v) is 7.20. The maximum absolute atomic E-state index is 10.9. The van der Waals surface area contributed by atoms with Crippen LogP contribution in [0.2, 0.25) is 0 Å². The number of furan rings is 2. The lowest BCUT2D eigenvalue weighted by atomic mass is 10.4. The van der Waals surface area contributed by atoms with Crippen molar-refractivity contribution in [2.24, 2.45) is 0 Å². The molecule has 0 unspecified atom stereocenters. The Morgan fingerprint density at radius 2 is 1.78 bits per heavy atom. The van der Waals surface area contributed by atoms with Gasteiger partial charge in [-0.05, 0) is 0 Å². The molecule has 23 heavy (non-hydrogen) atoms. The van der Waals surface area contributed by atoms with Crippen molar-refractivity contribution in [2.45, 2.75) is 13.8 Å². The fraction of sp³-hybridized carbons (Fsp3) is 0.176. The molecule has 0 saturated heterocycles. The average Bonchev–Trinajstić information content (AvgIpc) is 3.26. The maximum Gasteiger partial charge on any atom is 0.224 e. The summed E-state index contributed by atoms with van der Waals surface area (Å²) in [5.74, 6) is 0.722. The minimum absolute atomic E-state index is 0.0845. The summed E-state index contributed by atoms with van der Waals surface area (Å²) in [6, 6.07) is 6.73. The van der Waals surface area contributed by atoms with Crippen LogP contribution in [0.4, 0.5) is 0 Å². The standard InChI is InChI=1S/C8H7NO2.C7H5NO2.C2H6/c1-10-7-2-4-9-6-3-5-11-8(6)7;9-6-1-3-8-5-2-4-10-7(5)6;1-2/h2-5H,1H3;1-4H,(H,8,9);1-2H3. The predicted octanol–water partition coefficient (Wildman–Crippen LogP) is 3.98. The van der Waals surface area contributed by atoms with Crippen molar-refractivity contribution in [3.8, 4) is 5.75 Å². The Balaban J connectivity index is 0.000000152. The number of nitrogens with one attached hydrogen (secondary N) is 1. The van der Waals surface area contributed by atoms with E-state index in [2.05, 4.69) is 9.97 Å². The fourth-order valence-electron chi connectivity index (χ4n) is 1.91. The summed E-state index contributed by atoms with van der Waals surface area (Å²) in [6.45, 7) is 4.00. The number of aromatic amines is 1. The lowest BCUT2D eigenvalue weighted by molar-refractivity contribution is 0.410. The molecule has 4 rings (SSSR count). The molecule has 0 aliphatic carbocycles. The number of aromatic nitrogens is 2. The number of rotatable bonds is 1. The highest BCUT2D eigenvalue weighted by Crippen LogP contribution is 2.23. The minimum Gasteiger partial charge on any atom is -0.493 e. The third-order valence-corrected chi connectivity index (χ3v) is 2.89. The first kappa shape index (κ1) is 16.4. The molecule has 0 fully saturated rings. The van der Waals surface area contributed by atoms with E-state index in [1.165, 1.54) is 12.3 Å². The second-order valence-corrected chi connectivity index (χ2v) is 4.15. The molecular weight excluding hydrogens is 296 g/mol. The average molecular weight is 314 g/mol. The van der Waals surface area contributed by atoms with E-state index >= 15 is 0 Å². The van der Waals surface area contributed by atoms with Crippen LogP contribution in [-0.2, 0) is 0 Å². The van der Waals surface area contributed by atoms with Gasteiger partial charge >= 0.3 is 0 Å². The van der Waals surface area contributed by atoms with Crippen molar-refractivity contribution in [3.05, 3.63) is 59.4 Å². The zero-order chi connectivity index (χ0) is 16.7. The van der Waals surface area contributed by atoms with Gasteiger partial charge in [0.05, 0.1) is 25.2 Å². The van der Waals surface area contributed by atoms with Crippen LogP contribution in [0.3, 0.4) is 0 Å². The number of hydrogen-bond acceptors (Lipinski definition) is 5. The van der Waals surface area contributed by atoms with E-state index < -0.39 is 0 Å². The van der Waals surface area contributed by atoms with Gasteiger partial charge in [-0.25, -0.2) is 0 Å². The lowest BCUT2D eigenvalue weighted by Gasteiger charge is -1.97. The molecule has 0 amide bonds. The van der Waals surface area contributed by atoms with Crippen LogP contribution in [0.1, 0.15) is 13.8 Å². The smallest absolute Gasteiger partial charge is 0.224 e. The van der Waals surface area contributed by atoms with E-state index in [0.29, 0.717) is 11.2 Å². The van der Waals surface area contributed by atoms with Gasteiger partial charge in [0.1, 0.15) is 5.52 Å². The number of hydrogen-bond donors (Lipinski definition) is 1. The van der Waals surface area contributed by atoms with Crippen molar-refractivity contribution in [1.82, 2.24) is 9.97 Å². The van der Waals surface area contributed by atoms with Crippen LogP contribution in [0.15, 0.2) is 62.8 Å². The van der Waals surface area contributed by atoms with Crippen molar-refractivity contribution in [1.29, 1.82) is 0 Å². The zero-order valence-electron chi connectivity index (χ0n) is 13.2. The second-order valence-electron chi connectivity index (χ2n) is 4.15. The summed E-state index contributed by atoms with van der Waals surface area (Å²) in [4.78, 5) is 17.9. The number of ether oxygens (including phenoxy) is 1. The van der Waals surface area contributed by atoms with Gasteiger partial charge in [-0.2, -0.15) is 0 Å². The number of pyridine rings is 2. The van der Waals surface area contributed by atoms with Crippen LogP contribution in [0.5, 0.6) is 5.75 Å². The first-order valence-electron chi connectivity index (χ1n) is 7.20. The molecule has 0 spiro atoms. The summed E-state index contributed by atoms with van der Waals surface area (Å²) in [6.07, 6.45) is 6.37. The maximum atomic E-state index is 10.9. The quantitative estimate of drug-likeness (QED) is 0.574. The largest absolute Gasteiger partial charge is 0.493 e. The molecule has 1 N–H and O–H groups in total. The van der Waals surface area contributed by atoms with E-state index in [4.69, 9.17) is 13.6 Å². The fourth-order valence-corrected chi connectivity index (χ4v) is 1.91. The third kappa shape index (κ3) is 3.60. The van der Waals surface area contributed by atoms with Crippen molar-refractivity contribution in [3.63, 3.8) is 0 Å². The molecule has 120 valence electrons. The summed E-state index contributed by atoms with van der Waals surface area (Å²) in [5.41, 5.74) is 2.58. The summed E-state index contributed by atoms with van der Waals surface area (Å²) in [5, 5.41) is 0. The highest BCUT2D eigenvalue weighted by molar-refractivity contribution is 5.78. The van der Waals surface area contributed by atoms with Crippen molar-refractivity contribution < 1.29 is 13.6 Å². The number of fused-ring (bicyclic) bond motifs is 2. The van der Waals surface area contributed by atoms with Gasteiger partial charge in [0.15, 0.2) is 16.9 Å². The van der Waals surface area contributed by atoms with Gasteiger partial charge in [0.25, 0.3) is 0 Å². The monoisotopic (exact) mass is 314 g/mol. The number of nitrogens with zero attached hydrogens (tertiary/aromatic N) is 1. The molecular formula is C17H18N2O4. The van der Waals surface area contributed by atoms with Crippen LogP contribution >= 0.6 is 0 Å². The Morgan fingerprint density at radius 1 is 1.04 bits per heavy atom. The molecule has 0 aromatic carbocycles. The van der Waals surface area contributed by atoms with Gasteiger partial charge < -0.3 is 18.6 Å². The summed E-state index contributed by atoms with van der Waals surface area (Å²) in [7, 11) is 1.61.